The van der Waals surface area contributed by atoms with Gasteiger partial charge in [0.2, 0.25) is 15.9 Å². The summed E-state index contributed by atoms with van der Waals surface area (Å²) >= 11 is 3.22. The van der Waals surface area contributed by atoms with E-state index in [0.29, 0.717) is 36.5 Å². The molecule has 1 aliphatic heterocycles. The Morgan fingerprint density at radius 2 is 1.81 bits per heavy atom. The molecule has 1 aliphatic rings. The highest BCUT2D eigenvalue weighted by Crippen LogP contribution is 2.19. The van der Waals surface area contributed by atoms with Crippen molar-refractivity contribution in [2.75, 3.05) is 26.2 Å². The number of carbonyl (C=O) groups is 1. The fraction of sp³-hybridized carbons (Fsp3) is 0.316. The summed E-state index contributed by atoms with van der Waals surface area (Å²) in [6.45, 7) is 3.47. The number of nitrogens with zero attached hydrogens (tertiary/aromatic N) is 2. The minimum Gasteiger partial charge on any atom is -0.450 e. The van der Waals surface area contributed by atoms with Crippen LogP contribution >= 0.6 is 15.9 Å². The van der Waals surface area contributed by atoms with Crippen LogP contribution < -0.4 is 0 Å². The van der Waals surface area contributed by atoms with Gasteiger partial charge in [-0.15, -0.1) is 0 Å². The van der Waals surface area contributed by atoms with Crippen LogP contribution in [0.15, 0.2) is 56.5 Å². The molecule has 1 aromatic heterocycles. The molecular weight excluding hydrogens is 432 g/mol. The predicted octanol–water partition coefficient (Wildman–Crippen LogP) is 3.29. The highest BCUT2D eigenvalue weighted by Gasteiger charge is 2.27. The Morgan fingerprint density at radius 1 is 1.07 bits per heavy atom. The molecule has 0 spiro atoms. The second-order valence-electron chi connectivity index (χ2n) is 6.37. The standard InChI is InChI=1S/C19H21BrN2O4S/c1-15-3-7-17(8-4-15)27(24,25)22-12-2-11-21(13-14-22)19(23)10-6-16-5-9-18(20)26-16/h3-10H,2,11-14H2,1H3/b10-6+. The molecule has 0 unspecified atom stereocenters. The van der Waals surface area contributed by atoms with Gasteiger partial charge in [-0.05, 0) is 59.6 Å². The maximum Gasteiger partial charge on any atom is 0.246 e. The lowest BCUT2D eigenvalue weighted by Gasteiger charge is -2.21. The lowest BCUT2D eigenvalue weighted by Crippen LogP contribution is -2.36. The molecule has 0 atom stereocenters. The van der Waals surface area contributed by atoms with Gasteiger partial charge in [0.1, 0.15) is 5.76 Å². The summed E-state index contributed by atoms with van der Waals surface area (Å²) in [6, 6.07) is 10.3. The summed E-state index contributed by atoms with van der Waals surface area (Å²) in [6.07, 6.45) is 3.66. The molecule has 27 heavy (non-hydrogen) atoms. The molecule has 0 saturated carbocycles. The molecule has 8 heteroatoms. The minimum atomic E-state index is -3.55. The van der Waals surface area contributed by atoms with Crippen LogP contribution in [0.4, 0.5) is 0 Å². The zero-order chi connectivity index (χ0) is 19.4. The van der Waals surface area contributed by atoms with Crippen molar-refractivity contribution in [1.82, 2.24) is 9.21 Å². The fourth-order valence-corrected chi connectivity index (χ4v) is 4.68. The number of furan rings is 1. The largest absolute Gasteiger partial charge is 0.450 e. The highest BCUT2D eigenvalue weighted by molar-refractivity contribution is 9.10. The number of amides is 1. The van der Waals surface area contributed by atoms with Gasteiger partial charge in [0, 0.05) is 32.3 Å². The van der Waals surface area contributed by atoms with E-state index in [-0.39, 0.29) is 17.3 Å². The first kappa shape index (κ1) is 19.9. The molecule has 1 saturated heterocycles. The fourth-order valence-electron chi connectivity index (χ4n) is 2.89. The van der Waals surface area contributed by atoms with Gasteiger partial charge < -0.3 is 9.32 Å². The topological polar surface area (TPSA) is 70.8 Å². The first-order chi connectivity index (χ1) is 12.9. The second-order valence-corrected chi connectivity index (χ2v) is 9.09. The minimum absolute atomic E-state index is 0.155. The van der Waals surface area contributed by atoms with Crippen LogP contribution in [0, 0.1) is 6.92 Å². The van der Waals surface area contributed by atoms with E-state index in [1.54, 1.807) is 47.4 Å². The van der Waals surface area contributed by atoms with Gasteiger partial charge in [0.15, 0.2) is 4.67 Å². The van der Waals surface area contributed by atoms with Crippen molar-refractivity contribution in [3.63, 3.8) is 0 Å². The number of sulfonamides is 1. The number of rotatable bonds is 4. The first-order valence-electron chi connectivity index (χ1n) is 8.65. The van der Waals surface area contributed by atoms with Crippen LogP contribution in [0.3, 0.4) is 0 Å². The predicted molar refractivity (Wildman–Crippen MR) is 107 cm³/mol. The maximum absolute atomic E-state index is 12.8. The van der Waals surface area contributed by atoms with Gasteiger partial charge in [-0.25, -0.2) is 8.42 Å². The summed E-state index contributed by atoms with van der Waals surface area (Å²) in [5.74, 6) is 0.422. The van der Waals surface area contributed by atoms with E-state index in [1.165, 1.54) is 10.4 Å². The van der Waals surface area contributed by atoms with Gasteiger partial charge in [0.05, 0.1) is 4.90 Å². The van der Waals surface area contributed by atoms with Gasteiger partial charge in [-0.1, -0.05) is 17.7 Å². The summed E-state index contributed by atoms with van der Waals surface area (Å²) in [5, 5.41) is 0. The van der Waals surface area contributed by atoms with Crippen LogP contribution in [0.25, 0.3) is 6.08 Å². The highest BCUT2D eigenvalue weighted by atomic mass is 79.9. The molecule has 0 aliphatic carbocycles. The van der Waals surface area contributed by atoms with E-state index in [9.17, 15) is 13.2 Å². The van der Waals surface area contributed by atoms with Crippen LogP contribution in [0.2, 0.25) is 0 Å². The van der Waals surface area contributed by atoms with Gasteiger partial charge in [-0.3, -0.25) is 4.79 Å². The molecule has 1 amide bonds. The van der Waals surface area contributed by atoms with Crippen molar-refractivity contribution < 1.29 is 17.6 Å². The monoisotopic (exact) mass is 452 g/mol. The molecule has 0 bridgehead atoms. The Bertz CT molecular complexity index is 935. The smallest absolute Gasteiger partial charge is 0.246 e. The van der Waals surface area contributed by atoms with Crippen LogP contribution in [-0.2, 0) is 14.8 Å². The summed E-state index contributed by atoms with van der Waals surface area (Å²) < 4.78 is 33.1. The third kappa shape index (κ3) is 4.88. The Morgan fingerprint density at radius 3 is 2.48 bits per heavy atom. The average molecular weight is 453 g/mol. The van der Waals surface area contributed by atoms with Crippen molar-refractivity contribution in [1.29, 1.82) is 0 Å². The number of halogens is 1. The van der Waals surface area contributed by atoms with Crippen molar-refractivity contribution in [2.24, 2.45) is 0 Å². The maximum atomic E-state index is 12.8. The summed E-state index contributed by atoms with van der Waals surface area (Å²) in [7, 11) is -3.55. The lowest BCUT2D eigenvalue weighted by atomic mass is 10.2. The van der Waals surface area contributed by atoms with Crippen LogP contribution in [-0.4, -0.2) is 49.7 Å². The van der Waals surface area contributed by atoms with Crippen LogP contribution in [0.5, 0.6) is 0 Å². The van der Waals surface area contributed by atoms with E-state index in [2.05, 4.69) is 15.9 Å². The van der Waals surface area contributed by atoms with E-state index < -0.39 is 10.0 Å². The van der Waals surface area contributed by atoms with Crippen molar-refractivity contribution in [3.8, 4) is 0 Å². The zero-order valence-corrected chi connectivity index (χ0v) is 17.4. The molecule has 3 rings (SSSR count). The molecule has 1 aromatic carbocycles. The second kappa shape index (κ2) is 8.41. The molecule has 0 radical (unpaired) electrons. The Balaban J connectivity index is 1.65. The number of benzene rings is 1. The van der Waals surface area contributed by atoms with Gasteiger partial charge >= 0.3 is 0 Å². The van der Waals surface area contributed by atoms with E-state index >= 15 is 0 Å². The summed E-state index contributed by atoms with van der Waals surface area (Å²) in [5.41, 5.74) is 1.01. The number of hydrogen-bond acceptors (Lipinski definition) is 4. The zero-order valence-electron chi connectivity index (χ0n) is 15.0. The average Bonchev–Trinajstić information content (AvgIpc) is 2.90. The third-order valence-electron chi connectivity index (χ3n) is 4.41. The van der Waals surface area contributed by atoms with Crippen molar-refractivity contribution in [2.45, 2.75) is 18.2 Å². The molecule has 2 heterocycles. The van der Waals surface area contributed by atoms with Crippen LogP contribution in [0.1, 0.15) is 17.7 Å². The third-order valence-corrected chi connectivity index (χ3v) is 6.75. The molecule has 0 N–H and O–H groups in total. The quantitative estimate of drug-likeness (QED) is 0.667. The Hall–Kier alpha value is -1.90. The molecular formula is C19H21BrN2O4S. The Labute approximate surface area is 167 Å². The molecule has 1 fully saturated rings. The normalized spacial score (nSPS) is 16.6. The van der Waals surface area contributed by atoms with Gasteiger partial charge in [-0.2, -0.15) is 4.31 Å². The molecule has 144 valence electrons. The van der Waals surface area contributed by atoms with E-state index in [4.69, 9.17) is 4.42 Å². The number of carbonyl (C=O) groups excluding carboxylic acids is 1. The van der Waals surface area contributed by atoms with E-state index in [0.717, 1.165) is 5.56 Å². The Kier molecular flexibility index (Phi) is 6.18. The first-order valence-corrected chi connectivity index (χ1v) is 10.9. The lowest BCUT2D eigenvalue weighted by molar-refractivity contribution is -0.125. The van der Waals surface area contributed by atoms with Gasteiger partial charge in [0.25, 0.3) is 0 Å². The van der Waals surface area contributed by atoms with E-state index in [1.807, 2.05) is 6.92 Å². The SMILES string of the molecule is Cc1ccc(S(=O)(=O)N2CCCN(C(=O)/C=C/c3ccc(Br)o3)CC2)cc1. The number of aryl methyl sites for hydroxylation is 1. The van der Waals surface area contributed by atoms with Crippen molar-refractivity contribution in [3.05, 3.63) is 58.5 Å². The number of hydrogen-bond donors (Lipinski definition) is 0. The molecule has 6 nitrogen and oxygen atoms in total. The van der Waals surface area contributed by atoms with Crippen molar-refractivity contribution >= 4 is 37.9 Å². The molecule has 2 aromatic rings. The summed E-state index contributed by atoms with van der Waals surface area (Å²) in [4.78, 5) is 14.4.